The third-order valence-electron chi connectivity index (χ3n) is 6.12. The van der Waals surface area contributed by atoms with Crippen molar-refractivity contribution >= 4 is 21.7 Å². The summed E-state index contributed by atoms with van der Waals surface area (Å²) in [7, 11) is -1.31. The van der Waals surface area contributed by atoms with Gasteiger partial charge < -0.3 is 9.80 Å². The molecule has 7 heteroatoms. The van der Waals surface area contributed by atoms with Crippen LogP contribution in [0, 0.1) is 5.92 Å². The first-order valence-electron chi connectivity index (χ1n) is 10.2. The standard InChI is InChI=1S/C23H26N2O4S/c1-24(22(17-8-4-2-5-9-17)18-10-6-3-7-11-18)23(27)19-14-21(26)25(15-19)20-12-13-30(28,29)16-20/h2-11,19-20,22H,12-16H2,1H3. The summed E-state index contributed by atoms with van der Waals surface area (Å²) in [5.74, 6) is -0.555. The van der Waals surface area contributed by atoms with Crippen LogP contribution in [0.1, 0.15) is 30.0 Å². The minimum atomic E-state index is -3.09. The summed E-state index contributed by atoms with van der Waals surface area (Å²) in [6.45, 7) is 0.290. The fraction of sp³-hybridized carbons (Fsp3) is 0.391. The van der Waals surface area contributed by atoms with Crippen LogP contribution in [0.15, 0.2) is 60.7 Å². The Kier molecular flexibility index (Phi) is 5.64. The molecule has 4 rings (SSSR count). The third kappa shape index (κ3) is 4.12. The maximum Gasteiger partial charge on any atom is 0.228 e. The van der Waals surface area contributed by atoms with E-state index < -0.39 is 15.8 Å². The molecule has 0 saturated carbocycles. The molecule has 0 N–H and O–H groups in total. The number of hydrogen-bond acceptors (Lipinski definition) is 4. The highest BCUT2D eigenvalue weighted by Crippen LogP contribution is 2.32. The Bertz CT molecular complexity index is 984. The SMILES string of the molecule is CN(C(=O)C1CC(=O)N(C2CCS(=O)(=O)C2)C1)C(c1ccccc1)c1ccccc1. The number of benzene rings is 2. The van der Waals surface area contributed by atoms with E-state index >= 15 is 0 Å². The van der Waals surface area contributed by atoms with Crippen LogP contribution in [0.5, 0.6) is 0 Å². The Hall–Kier alpha value is -2.67. The van der Waals surface area contributed by atoms with Gasteiger partial charge in [-0.1, -0.05) is 60.7 Å². The maximum absolute atomic E-state index is 13.4. The highest BCUT2D eigenvalue weighted by molar-refractivity contribution is 7.91. The Morgan fingerprint density at radius 1 is 1.03 bits per heavy atom. The molecular formula is C23H26N2O4S. The van der Waals surface area contributed by atoms with E-state index in [4.69, 9.17) is 0 Å². The van der Waals surface area contributed by atoms with Crippen molar-refractivity contribution in [3.63, 3.8) is 0 Å². The molecule has 2 fully saturated rings. The Morgan fingerprint density at radius 2 is 1.60 bits per heavy atom. The van der Waals surface area contributed by atoms with Gasteiger partial charge in [0.05, 0.1) is 23.5 Å². The molecule has 2 amide bonds. The summed E-state index contributed by atoms with van der Waals surface area (Å²) < 4.78 is 23.6. The molecule has 2 aromatic rings. The second kappa shape index (κ2) is 8.22. The summed E-state index contributed by atoms with van der Waals surface area (Å²) in [6.07, 6.45) is 0.595. The van der Waals surface area contributed by atoms with E-state index in [1.165, 1.54) is 0 Å². The fourth-order valence-corrected chi connectivity index (χ4v) is 6.33. The van der Waals surface area contributed by atoms with Crippen molar-refractivity contribution in [1.82, 2.24) is 9.80 Å². The van der Waals surface area contributed by atoms with E-state index in [1.807, 2.05) is 60.7 Å². The average Bonchev–Trinajstić information content (AvgIpc) is 3.31. The molecule has 0 aliphatic carbocycles. The molecule has 0 bridgehead atoms. The molecule has 2 atom stereocenters. The lowest BCUT2D eigenvalue weighted by Crippen LogP contribution is -2.40. The topological polar surface area (TPSA) is 74.8 Å². The first-order chi connectivity index (χ1) is 14.4. The Labute approximate surface area is 177 Å². The van der Waals surface area contributed by atoms with Gasteiger partial charge in [-0.05, 0) is 17.5 Å². The van der Waals surface area contributed by atoms with Gasteiger partial charge in [0.15, 0.2) is 9.84 Å². The molecular weight excluding hydrogens is 400 g/mol. The highest BCUT2D eigenvalue weighted by Gasteiger charge is 2.43. The molecule has 2 unspecified atom stereocenters. The largest absolute Gasteiger partial charge is 0.338 e. The first-order valence-corrected chi connectivity index (χ1v) is 12.0. The minimum Gasteiger partial charge on any atom is -0.338 e. The second-order valence-electron chi connectivity index (χ2n) is 8.18. The molecule has 2 aliphatic rings. The van der Waals surface area contributed by atoms with Gasteiger partial charge in [0, 0.05) is 26.1 Å². The lowest BCUT2D eigenvalue weighted by atomic mass is 9.96. The number of rotatable bonds is 5. The van der Waals surface area contributed by atoms with Crippen LogP contribution in [0.4, 0.5) is 0 Å². The van der Waals surface area contributed by atoms with Crippen molar-refractivity contribution in [2.75, 3.05) is 25.1 Å². The van der Waals surface area contributed by atoms with Crippen LogP contribution in [0.2, 0.25) is 0 Å². The van der Waals surface area contributed by atoms with Gasteiger partial charge in [-0.2, -0.15) is 0 Å². The predicted octanol–water partition coefficient (Wildman–Crippen LogP) is 2.27. The third-order valence-corrected chi connectivity index (χ3v) is 7.87. The molecule has 0 radical (unpaired) electrons. The van der Waals surface area contributed by atoms with Crippen LogP contribution >= 0.6 is 0 Å². The number of carbonyl (C=O) groups excluding carboxylic acids is 2. The second-order valence-corrected chi connectivity index (χ2v) is 10.4. The van der Waals surface area contributed by atoms with E-state index in [0.717, 1.165) is 11.1 Å². The fourth-order valence-electron chi connectivity index (χ4n) is 4.60. The molecule has 2 aromatic carbocycles. The summed E-state index contributed by atoms with van der Waals surface area (Å²) in [5.41, 5.74) is 2.00. The van der Waals surface area contributed by atoms with Gasteiger partial charge in [-0.25, -0.2) is 8.42 Å². The Morgan fingerprint density at radius 3 is 2.10 bits per heavy atom. The van der Waals surface area contributed by atoms with Crippen LogP contribution < -0.4 is 0 Å². The van der Waals surface area contributed by atoms with Gasteiger partial charge in [0.2, 0.25) is 11.8 Å². The lowest BCUT2D eigenvalue weighted by Gasteiger charge is -2.31. The van der Waals surface area contributed by atoms with Crippen LogP contribution in [0.25, 0.3) is 0 Å². The predicted molar refractivity (Wildman–Crippen MR) is 114 cm³/mol. The lowest BCUT2D eigenvalue weighted by molar-refractivity contribution is -0.136. The van der Waals surface area contributed by atoms with Gasteiger partial charge >= 0.3 is 0 Å². The monoisotopic (exact) mass is 426 g/mol. The minimum absolute atomic E-state index is 0.00610. The zero-order chi connectivity index (χ0) is 21.3. The van der Waals surface area contributed by atoms with Crippen molar-refractivity contribution < 1.29 is 18.0 Å². The smallest absolute Gasteiger partial charge is 0.228 e. The Balaban J connectivity index is 1.55. The first kappa shape index (κ1) is 20.6. The van der Waals surface area contributed by atoms with Crippen molar-refractivity contribution in [3.05, 3.63) is 71.8 Å². The van der Waals surface area contributed by atoms with Gasteiger partial charge in [-0.15, -0.1) is 0 Å². The van der Waals surface area contributed by atoms with E-state index in [9.17, 15) is 18.0 Å². The molecule has 158 valence electrons. The van der Waals surface area contributed by atoms with Gasteiger partial charge in [0.1, 0.15) is 0 Å². The van der Waals surface area contributed by atoms with Crippen LogP contribution in [-0.2, 0) is 19.4 Å². The van der Waals surface area contributed by atoms with Crippen molar-refractivity contribution in [2.45, 2.75) is 24.9 Å². The molecule has 0 aromatic heterocycles. The van der Waals surface area contributed by atoms with Crippen LogP contribution in [-0.4, -0.2) is 61.2 Å². The molecule has 2 aliphatic heterocycles. The van der Waals surface area contributed by atoms with Gasteiger partial charge in [-0.3, -0.25) is 9.59 Å². The normalized spacial score (nSPS) is 23.1. The number of nitrogens with zero attached hydrogens (tertiary/aromatic N) is 2. The molecule has 0 spiro atoms. The zero-order valence-electron chi connectivity index (χ0n) is 17.0. The average molecular weight is 427 g/mol. The number of carbonyl (C=O) groups is 2. The molecule has 2 saturated heterocycles. The highest BCUT2D eigenvalue weighted by atomic mass is 32.2. The van der Waals surface area contributed by atoms with E-state index in [2.05, 4.69) is 0 Å². The van der Waals surface area contributed by atoms with E-state index in [1.54, 1.807) is 16.8 Å². The zero-order valence-corrected chi connectivity index (χ0v) is 17.8. The number of hydrogen-bond donors (Lipinski definition) is 0. The summed E-state index contributed by atoms with van der Waals surface area (Å²) in [5, 5.41) is 0. The molecule has 6 nitrogen and oxygen atoms in total. The van der Waals surface area contributed by atoms with Crippen molar-refractivity contribution in [3.8, 4) is 0 Å². The summed E-state index contributed by atoms with van der Waals surface area (Å²) in [4.78, 5) is 29.3. The van der Waals surface area contributed by atoms with Gasteiger partial charge in [0.25, 0.3) is 0 Å². The summed E-state index contributed by atoms with van der Waals surface area (Å²) in [6, 6.07) is 19.1. The van der Waals surface area contributed by atoms with Crippen molar-refractivity contribution in [1.29, 1.82) is 0 Å². The maximum atomic E-state index is 13.4. The van der Waals surface area contributed by atoms with Crippen molar-refractivity contribution in [2.24, 2.45) is 5.92 Å². The number of likely N-dealkylation sites (tertiary alicyclic amines) is 1. The summed E-state index contributed by atoms with van der Waals surface area (Å²) >= 11 is 0. The number of sulfone groups is 1. The van der Waals surface area contributed by atoms with E-state index in [-0.39, 0.29) is 41.8 Å². The quantitative estimate of drug-likeness (QED) is 0.735. The van der Waals surface area contributed by atoms with Crippen LogP contribution in [0.3, 0.4) is 0 Å². The molecule has 2 heterocycles. The number of amides is 2. The molecule has 30 heavy (non-hydrogen) atoms. The van der Waals surface area contributed by atoms with E-state index in [0.29, 0.717) is 13.0 Å².